The van der Waals surface area contributed by atoms with Crippen LogP contribution in [0.5, 0.6) is 5.75 Å². The van der Waals surface area contributed by atoms with Crippen LogP contribution in [-0.4, -0.2) is 72.1 Å². The fourth-order valence-electron chi connectivity index (χ4n) is 3.46. The van der Waals surface area contributed by atoms with Crippen molar-refractivity contribution < 1.29 is 14.3 Å². The molecular weight excluding hydrogens is 394 g/mol. The van der Waals surface area contributed by atoms with Gasteiger partial charge in [-0.15, -0.1) is 0 Å². The minimum atomic E-state index is -0.102. The van der Waals surface area contributed by atoms with Crippen LogP contribution in [0.15, 0.2) is 55.0 Å². The van der Waals surface area contributed by atoms with Crippen molar-refractivity contribution in [2.45, 2.75) is 6.42 Å². The molecule has 1 saturated heterocycles. The molecule has 3 heterocycles. The summed E-state index contributed by atoms with van der Waals surface area (Å²) < 4.78 is 12.3. The standard InChI is InChI=1S/C23H27N5O3/c1-30-21-6-4-20(5-7-21)28-17-19(16-26-28)22-8-3-18(15-25-22)23(29)24-9-2-10-27-11-13-31-14-12-27/h3-8,15-17H,2,9-14H2,1H3,(H,24,29). The maximum absolute atomic E-state index is 12.4. The topological polar surface area (TPSA) is 81.5 Å². The second-order valence-corrected chi connectivity index (χ2v) is 7.37. The first-order valence-electron chi connectivity index (χ1n) is 10.5. The number of pyridine rings is 1. The molecule has 0 bridgehead atoms. The first-order valence-corrected chi connectivity index (χ1v) is 10.5. The molecule has 2 aromatic heterocycles. The van der Waals surface area contributed by atoms with E-state index >= 15 is 0 Å². The van der Waals surface area contributed by atoms with Gasteiger partial charge in [-0.25, -0.2) is 4.68 Å². The average molecular weight is 422 g/mol. The van der Waals surface area contributed by atoms with Crippen LogP contribution >= 0.6 is 0 Å². The molecule has 1 N–H and O–H groups in total. The second-order valence-electron chi connectivity index (χ2n) is 7.37. The number of nitrogens with zero attached hydrogens (tertiary/aromatic N) is 4. The molecule has 3 aromatic rings. The Bertz CT molecular complexity index is 979. The predicted molar refractivity (Wildman–Crippen MR) is 118 cm³/mol. The monoisotopic (exact) mass is 421 g/mol. The van der Waals surface area contributed by atoms with Gasteiger partial charge in [0.05, 0.1) is 43.5 Å². The first-order chi connectivity index (χ1) is 15.2. The van der Waals surface area contributed by atoms with Crippen LogP contribution in [0.25, 0.3) is 16.9 Å². The molecule has 0 atom stereocenters. The zero-order valence-corrected chi connectivity index (χ0v) is 17.7. The number of morpholine rings is 1. The summed E-state index contributed by atoms with van der Waals surface area (Å²) in [5.41, 5.74) is 3.13. The van der Waals surface area contributed by atoms with E-state index in [4.69, 9.17) is 9.47 Å². The molecule has 1 amide bonds. The number of hydrogen-bond donors (Lipinski definition) is 1. The lowest BCUT2D eigenvalue weighted by molar-refractivity contribution is 0.0374. The molecule has 0 saturated carbocycles. The molecule has 0 aliphatic carbocycles. The molecule has 8 nitrogen and oxygen atoms in total. The van der Waals surface area contributed by atoms with Crippen LogP contribution in [0.2, 0.25) is 0 Å². The Morgan fingerprint density at radius 3 is 2.65 bits per heavy atom. The van der Waals surface area contributed by atoms with E-state index in [1.165, 1.54) is 0 Å². The number of carbonyl (C=O) groups is 1. The van der Waals surface area contributed by atoms with Crippen molar-refractivity contribution in [2.24, 2.45) is 0 Å². The lowest BCUT2D eigenvalue weighted by atomic mass is 10.2. The van der Waals surface area contributed by atoms with Crippen LogP contribution in [0.3, 0.4) is 0 Å². The van der Waals surface area contributed by atoms with Crippen molar-refractivity contribution in [3.05, 3.63) is 60.6 Å². The molecule has 0 radical (unpaired) electrons. The van der Waals surface area contributed by atoms with Gasteiger partial charge in [0, 0.05) is 37.6 Å². The van der Waals surface area contributed by atoms with E-state index in [1.807, 2.05) is 36.5 Å². The number of nitrogens with one attached hydrogen (secondary N) is 1. The minimum Gasteiger partial charge on any atom is -0.497 e. The SMILES string of the molecule is COc1ccc(-n2cc(-c3ccc(C(=O)NCCCN4CCOCC4)cn3)cn2)cc1. The Labute approximate surface area is 181 Å². The van der Waals surface area contributed by atoms with E-state index in [1.54, 1.807) is 30.3 Å². The Kier molecular flexibility index (Phi) is 6.91. The van der Waals surface area contributed by atoms with E-state index in [-0.39, 0.29) is 5.91 Å². The molecule has 8 heteroatoms. The number of benzene rings is 1. The highest BCUT2D eigenvalue weighted by Crippen LogP contribution is 2.20. The number of carbonyl (C=O) groups excluding carboxylic acids is 1. The fraction of sp³-hybridized carbons (Fsp3) is 0.348. The van der Waals surface area contributed by atoms with Gasteiger partial charge in [-0.3, -0.25) is 14.7 Å². The lowest BCUT2D eigenvalue weighted by Crippen LogP contribution is -2.38. The van der Waals surface area contributed by atoms with Crippen LogP contribution in [-0.2, 0) is 4.74 Å². The normalized spacial score (nSPS) is 14.4. The van der Waals surface area contributed by atoms with Crippen LogP contribution < -0.4 is 10.1 Å². The van der Waals surface area contributed by atoms with E-state index < -0.39 is 0 Å². The molecule has 1 aliphatic heterocycles. The van der Waals surface area contributed by atoms with E-state index in [2.05, 4.69) is 20.3 Å². The number of rotatable bonds is 8. The third-order valence-electron chi connectivity index (χ3n) is 5.28. The third kappa shape index (κ3) is 5.48. The third-order valence-corrected chi connectivity index (χ3v) is 5.28. The summed E-state index contributed by atoms with van der Waals surface area (Å²) in [6.45, 7) is 5.14. The van der Waals surface area contributed by atoms with Crippen molar-refractivity contribution in [2.75, 3.05) is 46.5 Å². The van der Waals surface area contributed by atoms with Crippen molar-refractivity contribution in [3.63, 3.8) is 0 Å². The van der Waals surface area contributed by atoms with Crippen molar-refractivity contribution >= 4 is 5.91 Å². The zero-order chi connectivity index (χ0) is 21.5. The maximum atomic E-state index is 12.4. The summed E-state index contributed by atoms with van der Waals surface area (Å²) in [5, 5.41) is 7.38. The molecular formula is C23H27N5O3. The fourth-order valence-corrected chi connectivity index (χ4v) is 3.46. The van der Waals surface area contributed by atoms with Crippen molar-refractivity contribution in [1.29, 1.82) is 0 Å². The van der Waals surface area contributed by atoms with Gasteiger partial charge in [-0.1, -0.05) is 0 Å². The van der Waals surface area contributed by atoms with Crippen LogP contribution in [0.1, 0.15) is 16.8 Å². The largest absolute Gasteiger partial charge is 0.497 e. The summed E-state index contributed by atoms with van der Waals surface area (Å²) in [4.78, 5) is 19.2. The summed E-state index contributed by atoms with van der Waals surface area (Å²) in [5.74, 6) is 0.697. The van der Waals surface area contributed by atoms with Crippen LogP contribution in [0.4, 0.5) is 0 Å². The molecule has 162 valence electrons. The van der Waals surface area contributed by atoms with Crippen molar-refractivity contribution in [3.8, 4) is 22.7 Å². The summed E-state index contributed by atoms with van der Waals surface area (Å²) >= 11 is 0. The molecule has 1 aromatic carbocycles. The number of aromatic nitrogens is 3. The minimum absolute atomic E-state index is 0.102. The quantitative estimate of drug-likeness (QED) is 0.563. The van der Waals surface area contributed by atoms with Gasteiger partial charge in [-0.05, 0) is 49.4 Å². The van der Waals surface area contributed by atoms with Gasteiger partial charge in [0.1, 0.15) is 5.75 Å². The highest BCUT2D eigenvalue weighted by molar-refractivity contribution is 5.94. The number of hydrogen-bond acceptors (Lipinski definition) is 6. The average Bonchev–Trinajstić information content (AvgIpc) is 3.33. The molecule has 1 fully saturated rings. The van der Waals surface area contributed by atoms with E-state index in [9.17, 15) is 4.79 Å². The number of ether oxygens (including phenoxy) is 2. The van der Waals surface area contributed by atoms with Gasteiger partial charge in [-0.2, -0.15) is 5.10 Å². The Balaban J connectivity index is 1.30. The predicted octanol–water partition coefficient (Wildman–Crippen LogP) is 2.39. The van der Waals surface area contributed by atoms with Gasteiger partial charge in [0.2, 0.25) is 0 Å². The smallest absolute Gasteiger partial charge is 0.252 e. The second kappa shape index (κ2) is 10.2. The lowest BCUT2D eigenvalue weighted by Gasteiger charge is -2.26. The van der Waals surface area contributed by atoms with Gasteiger partial charge in [0.15, 0.2) is 0 Å². The van der Waals surface area contributed by atoms with E-state index in [0.717, 1.165) is 62.0 Å². The number of amides is 1. The highest BCUT2D eigenvalue weighted by Gasteiger charge is 2.11. The molecule has 1 aliphatic rings. The Morgan fingerprint density at radius 1 is 1.13 bits per heavy atom. The van der Waals surface area contributed by atoms with E-state index in [0.29, 0.717) is 12.1 Å². The molecule has 31 heavy (non-hydrogen) atoms. The summed E-state index contributed by atoms with van der Waals surface area (Å²) in [6, 6.07) is 11.3. The summed E-state index contributed by atoms with van der Waals surface area (Å²) in [7, 11) is 1.64. The van der Waals surface area contributed by atoms with Crippen LogP contribution in [0, 0.1) is 0 Å². The first kappa shape index (κ1) is 21.0. The molecule has 0 unspecified atom stereocenters. The van der Waals surface area contributed by atoms with Gasteiger partial charge < -0.3 is 14.8 Å². The number of methoxy groups -OCH3 is 1. The molecule has 0 spiro atoms. The van der Waals surface area contributed by atoms with Crippen molar-refractivity contribution in [1.82, 2.24) is 25.0 Å². The Hall–Kier alpha value is -3.23. The van der Waals surface area contributed by atoms with Gasteiger partial charge in [0.25, 0.3) is 5.91 Å². The summed E-state index contributed by atoms with van der Waals surface area (Å²) in [6.07, 6.45) is 6.20. The highest BCUT2D eigenvalue weighted by atomic mass is 16.5. The molecule has 4 rings (SSSR count). The van der Waals surface area contributed by atoms with Gasteiger partial charge >= 0.3 is 0 Å². The Morgan fingerprint density at radius 2 is 1.94 bits per heavy atom. The maximum Gasteiger partial charge on any atom is 0.252 e. The zero-order valence-electron chi connectivity index (χ0n) is 17.7.